The molecule has 2 aromatic rings. The molecule has 2 aromatic heterocycles. The van der Waals surface area contributed by atoms with E-state index in [0.717, 1.165) is 16.7 Å². The van der Waals surface area contributed by atoms with Crippen molar-refractivity contribution in [3.63, 3.8) is 0 Å². The number of terminal acetylenes is 1. The van der Waals surface area contributed by atoms with Gasteiger partial charge in [0.05, 0.1) is 6.04 Å². The van der Waals surface area contributed by atoms with E-state index in [1.807, 2.05) is 23.7 Å². The highest BCUT2D eigenvalue weighted by atomic mass is 79.9. The molecular weight excluding hydrogens is 268 g/mol. The Morgan fingerprint density at radius 1 is 1.69 bits per heavy atom. The Bertz CT molecular complexity index is 540. The number of aromatic nitrogens is 3. The average molecular weight is 279 g/mol. The van der Waals surface area contributed by atoms with Gasteiger partial charge >= 0.3 is 0 Å². The van der Waals surface area contributed by atoms with Gasteiger partial charge in [0.15, 0.2) is 11.5 Å². The Morgan fingerprint density at radius 2 is 2.50 bits per heavy atom. The molecule has 5 heteroatoms. The van der Waals surface area contributed by atoms with Crippen molar-refractivity contribution in [2.24, 2.45) is 0 Å². The summed E-state index contributed by atoms with van der Waals surface area (Å²) >= 11 is 3.35. The molecule has 0 aliphatic carbocycles. The standard InChI is InChI=1S/C11H11BrN4/c1-3-8(4-2)14-10-11-13-5-6-16(11)7-9(12)15-10/h1,5-8H,4H2,2H3,(H,14,15). The Balaban J connectivity index is 2.43. The van der Waals surface area contributed by atoms with Gasteiger partial charge in [-0.2, -0.15) is 0 Å². The van der Waals surface area contributed by atoms with Crippen molar-refractivity contribution in [1.29, 1.82) is 0 Å². The van der Waals surface area contributed by atoms with Gasteiger partial charge in [-0.1, -0.05) is 12.8 Å². The maximum Gasteiger partial charge on any atom is 0.180 e. The van der Waals surface area contributed by atoms with E-state index in [9.17, 15) is 0 Å². The highest BCUT2D eigenvalue weighted by Crippen LogP contribution is 2.17. The van der Waals surface area contributed by atoms with Crippen LogP contribution in [0.3, 0.4) is 0 Å². The Morgan fingerprint density at radius 3 is 3.19 bits per heavy atom. The van der Waals surface area contributed by atoms with Crippen LogP contribution in [0, 0.1) is 12.3 Å². The first-order chi connectivity index (χ1) is 7.74. The van der Waals surface area contributed by atoms with Crippen LogP contribution < -0.4 is 5.32 Å². The molecule has 0 aromatic carbocycles. The summed E-state index contributed by atoms with van der Waals surface area (Å²) < 4.78 is 2.63. The summed E-state index contributed by atoms with van der Waals surface area (Å²) in [7, 11) is 0. The number of imidazole rings is 1. The van der Waals surface area contributed by atoms with Gasteiger partial charge in [0.25, 0.3) is 0 Å². The van der Waals surface area contributed by atoms with Crippen LogP contribution in [0.1, 0.15) is 13.3 Å². The molecule has 2 heterocycles. The quantitative estimate of drug-likeness (QED) is 0.877. The average Bonchev–Trinajstić information content (AvgIpc) is 2.73. The van der Waals surface area contributed by atoms with Gasteiger partial charge in [0.1, 0.15) is 4.60 Å². The second kappa shape index (κ2) is 4.54. The molecule has 0 aliphatic heterocycles. The second-order valence-corrected chi connectivity index (χ2v) is 4.15. The van der Waals surface area contributed by atoms with E-state index in [-0.39, 0.29) is 6.04 Å². The number of nitrogens with zero attached hydrogens (tertiary/aromatic N) is 3. The zero-order valence-corrected chi connectivity index (χ0v) is 10.4. The zero-order valence-electron chi connectivity index (χ0n) is 8.81. The lowest BCUT2D eigenvalue weighted by atomic mass is 10.2. The molecular formula is C11H11BrN4. The van der Waals surface area contributed by atoms with Crippen LogP contribution in [-0.4, -0.2) is 20.4 Å². The summed E-state index contributed by atoms with van der Waals surface area (Å²) in [6.07, 6.45) is 11.7. The summed E-state index contributed by atoms with van der Waals surface area (Å²) in [5, 5.41) is 3.19. The molecule has 0 amide bonds. The van der Waals surface area contributed by atoms with E-state index < -0.39 is 0 Å². The van der Waals surface area contributed by atoms with Crippen LogP contribution in [0.2, 0.25) is 0 Å². The lowest BCUT2D eigenvalue weighted by Gasteiger charge is -2.12. The van der Waals surface area contributed by atoms with E-state index >= 15 is 0 Å². The van der Waals surface area contributed by atoms with Gasteiger partial charge in [0.2, 0.25) is 0 Å². The number of halogens is 1. The van der Waals surface area contributed by atoms with Gasteiger partial charge in [0, 0.05) is 18.6 Å². The molecule has 1 N–H and O–H groups in total. The number of hydrogen-bond donors (Lipinski definition) is 1. The van der Waals surface area contributed by atoms with Gasteiger partial charge < -0.3 is 9.72 Å². The first-order valence-corrected chi connectivity index (χ1v) is 5.75. The maximum absolute atomic E-state index is 5.41. The van der Waals surface area contributed by atoms with Crippen molar-refractivity contribution in [3.05, 3.63) is 23.2 Å². The molecule has 0 saturated heterocycles. The van der Waals surface area contributed by atoms with E-state index in [1.165, 1.54) is 0 Å². The summed E-state index contributed by atoms with van der Waals surface area (Å²) in [4.78, 5) is 8.57. The largest absolute Gasteiger partial charge is 0.353 e. The first kappa shape index (κ1) is 11.0. The van der Waals surface area contributed by atoms with Crippen molar-refractivity contribution in [1.82, 2.24) is 14.4 Å². The summed E-state index contributed by atoms with van der Waals surface area (Å²) in [5.41, 5.74) is 0.775. The third kappa shape index (κ3) is 2.02. The Hall–Kier alpha value is -1.54. The first-order valence-electron chi connectivity index (χ1n) is 4.96. The highest BCUT2D eigenvalue weighted by Gasteiger charge is 2.09. The molecule has 1 atom stereocenters. The number of nitrogens with one attached hydrogen (secondary N) is 1. The maximum atomic E-state index is 5.41. The normalized spacial score (nSPS) is 12.3. The molecule has 0 aliphatic rings. The molecule has 0 bridgehead atoms. The number of anilines is 1. The SMILES string of the molecule is C#CC(CC)Nc1nc(Br)cn2ccnc12. The van der Waals surface area contributed by atoms with Crippen LogP contribution in [0.4, 0.5) is 5.82 Å². The number of fused-ring (bicyclic) bond motifs is 1. The van der Waals surface area contributed by atoms with Crippen molar-refractivity contribution in [2.45, 2.75) is 19.4 Å². The van der Waals surface area contributed by atoms with Crippen LogP contribution in [0.15, 0.2) is 23.2 Å². The molecule has 0 fully saturated rings. The van der Waals surface area contributed by atoms with Gasteiger partial charge in [-0.05, 0) is 22.4 Å². The molecule has 16 heavy (non-hydrogen) atoms. The minimum absolute atomic E-state index is 0.0256. The molecule has 1 unspecified atom stereocenters. The fourth-order valence-corrected chi connectivity index (χ4v) is 1.82. The predicted molar refractivity (Wildman–Crippen MR) is 67.2 cm³/mol. The third-order valence-corrected chi connectivity index (χ3v) is 2.65. The summed E-state index contributed by atoms with van der Waals surface area (Å²) in [6, 6.07) is -0.0256. The van der Waals surface area contributed by atoms with Crippen molar-refractivity contribution >= 4 is 27.4 Å². The predicted octanol–water partition coefficient (Wildman–Crippen LogP) is 2.32. The fourth-order valence-electron chi connectivity index (χ4n) is 1.42. The lowest BCUT2D eigenvalue weighted by Crippen LogP contribution is -2.17. The van der Waals surface area contributed by atoms with Crippen LogP contribution in [0.25, 0.3) is 5.65 Å². The molecule has 82 valence electrons. The second-order valence-electron chi connectivity index (χ2n) is 3.34. The van der Waals surface area contributed by atoms with Gasteiger partial charge in [-0.25, -0.2) is 9.97 Å². The molecule has 0 spiro atoms. The molecule has 4 nitrogen and oxygen atoms in total. The summed E-state index contributed by atoms with van der Waals surface area (Å²) in [5.74, 6) is 3.37. The van der Waals surface area contributed by atoms with Crippen molar-refractivity contribution in [2.75, 3.05) is 5.32 Å². The molecule has 2 rings (SSSR count). The minimum atomic E-state index is -0.0256. The van der Waals surface area contributed by atoms with E-state index in [1.54, 1.807) is 6.20 Å². The minimum Gasteiger partial charge on any atom is -0.353 e. The van der Waals surface area contributed by atoms with Gasteiger partial charge in [-0.15, -0.1) is 6.42 Å². The summed E-state index contributed by atoms with van der Waals surface area (Å²) in [6.45, 7) is 2.03. The van der Waals surface area contributed by atoms with E-state index in [0.29, 0.717) is 5.82 Å². The van der Waals surface area contributed by atoms with Crippen LogP contribution in [0.5, 0.6) is 0 Å². The topological polar surface area (TPSA) is 42.2 Å². The van der Waals surface area contributed by atoms with E-state index in [2.05, 4.69) is 37.1 Å². The fraction of sp³-hybridized carbons (Fsp3) is 0.273. The monoisotopic (exact) mass is 278 g/mol. The molecule has 0 saturated carbocycles. The number of rotatable bonds is 3. The van der Waals surface area contributed by atoms with E-state index in [4.69, 9.17) is 6.42 Å². The van der Waals surface area contributed by atoms with Gasteiger partial charge in [-0.3, -0.25) is 0 Å². The third-order valence-electron chi connectivity index (χ3n) is 2.27. The van der Waals surface area contributed by atoms with Crippen LogP contribution in [-0.2, 0) is 0 Å². The lowest BCUT2D eigenvalue weighted by molar-refractivity contribution is 0.848. The highest BCUT2D eigenvalue weighted by molar-refractivity contribution is 9.10. The molecule has 0 radical (unpaired) electrons. The zero-order chi connectivity index (χ0) is 11.5. The van der Waals surface area contributed by atoms with Crippen molar-refractivity contribution < 1.29 is 0 Å². The van der Waals surface area contributed by atoms with Crippen molar-refractivity contribution in [3.8, 4) is 12.3 Å². The number of hydrogen-bond acceptors (Lipinski definition) is 3. The smallest absolute Gasteiger partial charge is 0.180 e. The Kier molecular flexibility index (Phi) is 3.11. The van der Waals surface area contributed by atoms with Crippen LogP contribution >= 0.6 is 15.9 Å². The Labute approximate surface area is 102 Å².